The lowest BCUT2D eigenvalue weighted by Crippen LogP contribution is -2.55. The van der Waals surface area contributed by atoms with Crippen molar-refractivity contribution in [1.29, 1.82) is 0 Å². The van der Waals surface area contributed by atoms with Gasteiger partial charge < -0.3 is 19.6 Å². The number of furan rings is 1. The number of nitrogen functional groups attached to an aromatic ring is 1. The molecule has 224 valence electrons. The SMILES string of the molecule is CCC(C)(C)C(=O)c1sc(N)nc1-c1ccc(P(=O)(NC(C)(C)C(=O)OC(C)C)NC(C)(C)C(=O)OC(C)C)o1. The molecule has 0 aliphatic rings. The largest absolute Gasteiger partial charge is 0.462 e. The third kappa shape index (κ3) is 7.81. The highest BCUT2D eigenvalue weighted by molar-refractivity contribution is 7.67. The van der Waals surface area contributed by atoms with Crippen molar-refractivity contribution in [2.45, 2.75) is 106 Å². The Morgan fingerprint density at radius 3 is 1.88 bits per heavy atom. The molecule has 0 radical (unpaired) electrons. The maximum Gasteiger partial charge on any atom is 0.326 e. The molecule has 4 N–H and O–H groups in total. The van der Waals surface area contributed by atoms with Crippen LogP contribution in [0.25, 0.3) is 11.5 Å². The zero-order valence-corrected chi connectivity index (χ0v) is 27.0. The number of carbonyl (C=O) groups is 3. The maximum atomic E-state index is 14.7. The van der Waals surface area contributed by atoms with Gasteiger partial charge in [0.1, 0.15) is 21.6 Å². The Bertz CT molecular complexity index is 1250. The molecule has 2 aromatic rings. The second kappa shape index (κ2) is 12.1. The number of ether oxygens (including phenoxy) is 2. The number of hydrogen-bond acceptors (Lipinski definition) is 10. The molecule has 2 aromatic heterocycles. The zero-order valence-electron chi connectivity index (χ0n) is 25.3. The van der Waals surface area contributed by atoms with Crippen LogP contribution in [0.2, 0.25) is 0 Å². The molecule has 0 spiro atoms. The van der Waals surface area contributed by atoms with E-state index in [0.29, 0.717) is 11.3 Å². The van der Waals surface area contributed by atoms with Crippen molar-refractivity contribution in [2.24, 2.45) is 5.41 Å². The molecule has 0 aliphatic carbocycles. The second-order valence-electron chi connectivity index (χ2n) is 11.9. The van der Waals surface area contributed by atoms with Crippen molar-refractivity contribution >= 4 is 47.1 Å². The first-order valence-corrected chi connectivity index (χ1v) is 15.7. The van der Waals surface area contributed by atoms with E-state index >= 15 is 0 Å². The fourth-order valence-corrected chi connectivity index (χ4v) is 6.99. The number of nitrogens with one attached hydrogen (secondary N) is 2. The number of carbonyl (C=O) groups excluding carboxylic acids is 3. The minimum absolute atomic E-state index is 0.0990. The van der Waals surface area contributed by atoms with E-state index in [2.05, 4.69) is 15.2 Å². The summed E-state index contributed by atoms with van der Waals surface area (Å²) < 4.78 is 31.4. The molecule has 0 saturated heterocycles. The van der Waals surface area contributed by atoms with Gasteiger partial charge in [0.05, 0.1) is 12.2 Å². The van der Waals surface area contributed by atoms with E-state index in [0.717, 1.165) is 11.3 Å². The lowest BCUT2D eigenvalue weighted by Gasteiger charge is -2.34. The first kappa shape index (κ1) is 33.7. The number of rotatable bonds is 13. The first-order chi connectivity index (χ1) is 18.1. The van der Waals surface area contributed by atoms with Crippen molar-refractivity contribution in [1.82, 2.24) is 15.2 Å². The molecule has 0 fully saturated rings. The molecule has 11 nitrogen and oxygen atoms in total. The highest BCUT2D eigenvalue weighted by atomic mass is 32.1. The first-order valence-electron chi connectivity index (χ1n) is 13.2. The lowest BCUT2D eigenvalue weighted by atomic mass is 9.84. The van der Waals surface area contributed by atoms with Crippen LogP contribution in [-0.2, 0) is 23.6 Å². The van der Waals surface area contributed by atoms with Crippen LogP contribution in [-0.4, -0.2) is 46.0 Å². The molecule has 0 saturated carbocycles. The Hall–Kier alpha value is -2.53. The van der Waals surface area contributed by atoms with Crippen molar-refractivity contribution in [3.63, 3.8) is 0 Å². The number of Topliss-reactive ketones (excluding diaryl/α,β-unsaturated/α-hetero) is 1. The van der Waals surface area contributed by atoms with E-state index in [1.54, 1.807) is 27.7 Å². The van der Waals surface area contributed by atoms with Crippen LogP contribution in [0, 0.1) is 5.41 Å². The number of aromatic nitrogens is 1. The number of thiazole rings is 1. The number of ketones is 1. The standard InChI is InChI=1S/C27H43N4O7PS/c1-12-25(6,7)21(32)20-19(29-24(28)40-20)17-13-14-18(38-17)39(35,30-26(8,9)22(33)36-15(2)3)31-27(10,11)23(34)37-16(4)5/h13-16H,12H2,1-11H3,(H2,28,29)(H2,30,31,35). The van der Waals surface area contributed by atoms with E-state index < -0.39 is 48.1 Å². The van der Waals surface area contributed by atoms with Crippen LogP contribution in [0.5, 0.6) is 0 Å². The van der Waals surface area contributed by atoms with E-state index in [1.165, 1.54) is 39.8 Å². The number of nitrogens with two attached hydrogens (primary N) is 1. The Morgan fingerprint density at radius 2 is 1.45 bits per heavy atom. The normalized spacial score (nSPS) is 13.1. The van der Waals surface area contributed by atoms with Gasteiger partial charge in [-0.1, -0.05) is 32.1 Å². The predicted molar refractivity (Wildman–Crippen MR) is 157 cm³/mol. The quantitative estimate of drug-likeness (QED) is 0.160. The van der Waals surface area contributed by atoms with Gasteiger partial charge in [-0.2, -0.15) is 0 Å². The summed E-state index contributed by atoms with van der Waals surface area (Å²) >= 11 is 1.05. The van der Waals surface area contributed by atoms with Gasteiger partial charge in [-0.3, -0.25) is 18.9 Å². The minimum Gasteiger partial charge on any atom is -0.462 e. The van der Waals surface area contributed by atoms with Gasteiger partial charge in [-0.05, 0) is 73.9 Å². The summed E-state index contributed by atoms with van der Waals surface area (Å²) in [6.45, 7) is 18.4. The molecular weight excluding hydrogens is 555 g/mol. The smallest absolute Gasteiger partial charge is 0.326 e. The second-order valence-corrected chi connectivity index (χ2v) is 15.1. The van der Waals surface area contributed by atoms with Crippen molar-refractivity contribution in [3.05, 3.63) is 17.0 Å². The summed E-state index contributed by atoms with van der Waals surface area (Å²) in [7, 11) is -4.09. The number of esters is 2. The number of nitrogens with zero attached hydrogens (tertiary/aromatic N) is 1. The van der Waals surface area contributed by atoms with E-state index in [9.17, 15) is 18.9 Å². The third-order valence-electron chi connectivity index (χ3n) is 6.06. The van der Waals surface area contributed by atoms with Crippen LogP contribution in [0.1, 0.15) is 92.3 Å². The summed E-state index contributed by atoms with van der Waals surface area (Å²) in [4.78, 5) is 43.7. The van der Waals surface area contributed by atoms with Crippen LogP contribution < -0.4 is 21.4 Å². The number of hydrogen-bond donors (Lipinski definition) is 3. The molecule has 2 rings (SSSR count). The summed E-state index contributed by atoms with van der Waals surface area (Å²) in [6, 6.07) is 2.97. The number of anilines is 1. The average Bonchev–Trinajstić information content (AvgIpc) is 3.44. The Balaban J connectivity index is 2.63. The van der Waals surface area contributed by atoms with E-state index in [-0.39, 0.29) is 27.9 Å². The van der Waals surface area contributed by atoms with Crippen molar-refractivity contribution in [2.75, 3.05) is 5.73 Å². The molecule has 0 aromatic carbocycles. The monoisotopic (exact) mass is 598 g/mol. The topological polar surface area (TPSA) is 163 Å². The van der Waals surface area contributed by atoms with Crippen molar-refractivity contribution < 1.29 is 32.8 Å². The van der Waals surface area contributed by atoms with Gasteiger partial charge in [0.2, 0.25) is 0 Å². The highest BCUT2D eigenvalue weighted by Crippen LogP contribution is 2.43. The fraction of sp³-hybridized carbons (Fsp3) is 0.630. The molecule has 0 aliphatic heterocycles. The fourth-order valence-electron chi connectivity index (χ4n) is 3.49. The molecule has 13 heteroatoms. The molecule has 0 bridgehead atoms. The van der Waals surface area contributed by atoms with Gasteiger partial charge in [-0.25, -0.2) is 15.2 Å². The molecule has 0 unspecified atom stereocenters. The van der Waals surface area contributed by atoms with Gasteiger partial charge in [0.15, 0.2) is 22.2 Å². The van der Waals surface area contributed by atoms with Gasteiger partial charge in [0.25, 0.3) is 7.44 Å². The summed E-state index contributed by atoms with van der Waals surface area (Å²) in [5.74, 6) is -1.29. The van der Waals surface area contributed by atoms with Crippen LogP contribution in [0.3, 0.4) is 0 Å². The van der Waals surface area contributed by atoms with Crippen molar-refractivity contribution in [3.8, 4) is 11.5 Å². The summed E-state index contributed by atoms with van der Waals surface area (Å²) in [5.41, 5.74) is 2.51. The van der Waals surface area contributed by atoms with Gasteiger partial charge >= 0.3 is 11.9 Å². The lowest BCUT2D eigenvalue weighted by molar-refractivity contribution is -0.153. The van der Waals surface area contributed by atoms with Crippen LogP contribution >= 0.6 is 18.8 Å². The van der Waals surface area contributed by atoms with E-state index in [1.807, 2.05) is 20.8 Å². The Kier molecular flexibility index (Phi) is 10.2. The predicted octanol–water partition coefficient (Wildman–Crippen LogP) is 5.06. The van der Waals surface area contributed by atoms with Gasteiger partial charge in [0, 0.05) is 5.41 Å². The van der Waals surface area contributed by atoms with Gasteiger partial charge in [-0.15, -0.1) is 0 Å². The Labute approximate surface area is 240 Å². The average molecular weight is 599 g/mol. The molecule has 0 amide bonds. The third-order valence-corrected chi connectivity index (χ3v) is 9.56. The van der Waals surface area contributed by atoms with E-state index in [4.69, 9.17) is 19.6 Å². The van der Waals surface area contributed by atoms with Crippen LogP contribution in [0.15, 0.2) is 16.5 Å². The zero-order chi connectivity index (χ0) is 30.8. The minimum atomic E-state index is -4.09. The van der Waals surface area contributed by atoms with Crippen LogP contribution in [0.4, 0.5) is 5.13 Å². The molecule has 2 heterocycles. The summed E-state index contributed by atoms with van der Waals surface area (Å²) in [6.07, 6.45) is -0.224. The Morgan fingerprint density at radius 1 is 0.975 bits per heavy atom. The molecule has 40 heavy (non-hydrogen) atoms. The highest BCUT2D eigenvalue weighted by Gasteiger charge is 2.46. The maximum absolute atomic E-state index is 14.7. The summed E-state index contributed by atoms with van der Waals surface area (Å²) in [5, 5.41) is 5.89. The molecule has 0 atom stereocenters. The molecular formula is C27H43N4O7PS.